The fourth-order valence-electron chi connectivity index (χ4n) is 3.77. The van der Waals surface area contributed by atoms with Crippen molar-refractivity contribution in [1.29, 1.82) is 0 Å². The van der Waals surface area contributed by atoms with Crippen LogP contribution in [0.2, 0.25) is 0 Å². The molecular weight excluding hydrogens is 474 g/mol. The van der Waals surface area contributed by atoms with E-state index >= 15 is 0 Å². The summed E-state index contributed by atoms with van der Waals surface area (Å²) in [6.07, 6.45) is 1.87. The molecule has 1 N–H and O–H groups in total. The molecule has 0 bridgehead atoms. The van der Waals surface area contributed by atoms with Crippen LogP contribution < -0.4 is 19.2 Å². The highest BCUT2D eigenvalue weighted by Crippen LogP contribution is 2.35. The van der Waals surface area contributed by atoms with E-state index in [1.165, 1.54) is 32.4 Å². The normalized spacial score (nSPS) is 16.5. The van der Waals surface area contributed by atoms with E-state index in [9.17, 15) is 18.0 Å². The first-order valence-corrected chi connectivity index (χ1v) is 12.6. The molecule has 2 aromatic rings. The monoisotopic (exact) mass is 503 g/mol. The number of ether oxygens (including phenoxy) is 3. The molecule has 10 nitrogen and oxygen atoms in total. The molecule has 1 saturated carbocycles. The molecule has 1 atom stereocenters. The maximum Gasteiger partial charge on any atom is 0.314 e. The van der Waals surface area contributed by atoms with Gasteiger partial charge in [-0.15, -0.1) is 0 Å². The average Bonchev–Trinajstić information content (AvgIpc) is 3.35. The standard InChI is InChI=1S/C24H29N3O7S/c1-4-34-24(29)19-11-8-12-20(19)25-26-23(28)16-27(35(30,31)18-9-6-5-7-10-18)21-15-17(32-2)13-14-22(21)33-3/h5-7,9-10,13-15,19H,4,8,11-12,16H2,1-3H3,(H,26,28)/b25-20-/t19-/m0/s1. The number of amides is 1. The van der Waals surface area contributed by atoms with Gasteiger partial charge in [-0.3, -0.25) is 13.9 Å². The third kappa shape index (κ3) is 6.10. The Bertz CT molecular complexity index is 1180. The fraction of sp³-hybridized carbons (Fsp3) is 0.375. The predicted octanol–water partition coefficient (Wildman–Crippen LogP) is 2.73. The smallest absolute Gasteiger partial charge is 0.314 e. The SMILES string of the molecule is CCOC(=O)[C@H]1CCC/C1=N/NC(=O)CN(c1cc(OC)ccc1OC)S(=O)(=O)c1ccccc1. The summed E-state index contributed by atoms with van der Waals surface area (Å²) >= 11 is 0. The van der Waals surface area contributed by atoms with Gasteiger partial charge in [-0.05, 0) is 50.5 Å². The van der Waals surface area contributed by atoms with E-state index in [0.29, 0.717) is 24.3 Å². The van der Waals surface area contributed by atoms with Gasteiger partial charge in [0.15, 0.2) is 0 Å². The van der Waals surface area contributed by atoms with Crippen LogP contribution in [-0.4, -0.2) is 53.4 Å². The zero-order valence-corrected chi connectivity index (χ0v) is 20.7. The van der Waals surface area contributed by atoms with Crippen LogP contribution >= 0.6 is 0 Å². The molecule has 0 aliphatic heterocycles. The number of sulfonamides is 1. The number of benzene rings is 2. The number of carbonyl (C=O) groups is 2. The van der Waals surface area contributed by atoms with Crippen molar-refractivity contribution in [2.75, 3.05) is 31.7 Å². The number of esters is 1. The molecule has 1 fully saturated rings. The van der Waals surface area contributed by atoms with Gasteiger partial charge in [0.1, 0.15) is 18.0 Å². The highest BCUT2D eigenvalue weighted by molar-refractivity contribution is 7.92. The van der Waals surface area contributed by atoms with E-state index < -0.39 is 28.4 Å². The van der Waals surface area contributed by atoms with Gasteiger partial charge >= 0.3 is 5.97 Å². The van der Waals surface area contributed by atoms with E-state index in [4.69, 9.17) is 14.2 Å². The summed E-state index contributed by atoms with van der Waals surface area (Å²) in [4.78, 5) is 25.1. The number of hydrogen-bond donors (Lipinski definition) is 1. The number of hydrazone groups is 1. The lowest BCUT2D eigenvalue weighted by molar-refractivity contribution is -0.145. The molecular formula is C24H29N3O7S. The molecule has 3 rings (SSSR count). The minimum atomic E-state index is -4.16. The van der Waals surface area contributed by atoms with Gasteiger partial charge in [-0.2, -0.15) is 5.10 Å². The number of nitrogens with one attached hydrogen (secondary N) is 1. The molecule has 1 aliphatic carbocycles. The summed E-state index contributed by atoms with van der Waals surface area (Å²) in [6.45, 7) is 1.39. The third-order valence-corrected chi connectivity index (χ3v) is 7.27. The molecule has 0 saturated heterocycles. The van der Waals surface area contributed by atoms with Crippen molar-refractivity contribution in [3.05, 3.63) is 48.5 Å². The Hall–Kier alpha value is -3.60. The minimum absolute atomic E-state index is 0.00200. The van der Waals surface area contributed by atoms with Crippen LogP contribution in [0, 0.1) is 5.92 Å². The van der Waals surface area contributed by atoms with Gasteiger partial charge < -0.3 is 14.2 Å². The number of rotatable bonds is 10. The summed E-state index contributed by atoms with van der Waals surface area (Å²) < 4.78 is 43.8. The predicted molar refractivity (Wildman–Crippen MR) is 130 cm³/mol. The molecule has 0 aromatic heterocycles. The Labute approximate surface area is 204 Å². The second-order valence-electron chi connectivity index (χ2n) is 7.70. The Morgan fingerprint density at radius 1 is 1.11 bits per heavy atom. The van der Waals surface area contributed by atoms with Gasteiger partial charge in [-0.1, -0.05) is 18.2 Å². The van der Waals surface area contributed by atoms with E-state index in [0.717, 1.165) is 10.7 Å². The van der Waals surface area contributed by atoms with Crippen molar-refractivity contribution in [3.63, 3.8) is 0 Å². The van der Waals surface area contributed by atoms with E-state index in [2.05, 4.69) is 10.5 Å². The van der Waals surface area contributed by atoms with Crippen molar-refractivity contribution in [1.82, 2.24) is 5.43 Å². The molecule has 35 heavy (non-hydrogen) atoms. The second kappa shape index (κ2) is 11.7. The zero-order valence-electron chi connectivity index (χ0n) is 19.9. The summed E-state index contributed by atoms with van der Waals surface area (Å²) in [7, 11) is -1.31. The van der Waals surface area contributed by atoms with Crippen LogP contribution in [-0.2, 0) is 24.3 Å². The number of methoxy groups -OCH3 is 2. The quantitative estimate of drug-likeness (QED) is 0.391. The highest BCUT2D eigenvalue weighted by Gasteiger charge is 2.32. The van der Waals surface area contributed by atoms with Crippen LogP contribution in [0.4, 0.5) is 5.69 Å². The molecule has 0 unspecified atom stereocenters. The van der Waals surface area contributed by atoms with Crippen molar-refractivity contribution in [2.24, 2.45) is 11.0 Å². The first kappa shape index (κ1) is 26.0. The Kier molecular flexibility index (Phi) is 8.69. The zero-order chi connectivity index (χ0) is 25.4. The van der Waals surface area contributed by atoms with Gasteiger partial charge in [0.05, 0.1) is 43.0 Å². The molecule has 0 spiro atoms. The summed E-state index contributed by atoms with van der Waals surface area (Å²) in [6, 6.07) is 12.4. The van der Waals surface area contributed by atoms with Gasteiger partial charge in [-0.25, -0.2) is 13.8 Å². The molecule has 188 valence electrons. The van der Waals surface area contributed by atoms with Crippen LogP contribution in [0.5, 0.6) is 11.5 Å². The lowest BCUT2D eigenvalue weighted by atomic mass is 10.1. The fourth-order valence-corrected chi connectivity index (χ4v) is 5.21. The van der Waals surface area contributed by atoms with Gasteiger partial charge in [0, 0.05) is 6.07 Å². The van der Waals surface area contributed by atoms with Crippen molar-refractivity contribution < 1.29 is 32.2 Å². The second-order valence-corrected chi connectivity index (χ2v) is 9.56. The van der Waals surface area contributed by atoms with Crippen LogP contribution in [0.1, 0.15) is 26.2 Å². The summed E-state index contributed by atoms with van der Waals surface area (Å²) in [5.41, 5.74) is 3.04. The first-order chi connectivity index (χ1) is 16.8. The molecule has 1 amide bonds. The molecule has 0 radical (unpaired) electrons. The topological polar surface area (TPSA) is 124 Å². The first-order valence-electron chi connectivity index (χ1n) is 11.1. The largest absolute Gasteiger partial charge is 0.497 e. The Morgan fingerprint density at radius 2 is 1.86 bits per heavy atom. The number of nitrogens with zero attached hydrogens (tertiary/aromatic N) is 2. The van der Waals surface area contributed by atoms with Crippen LogP contribution in [0.25, 0.3) is 0 Å². The number of carbonyl (C=O) groups excluding carboxylic acids is 2. The van der Waals surface area contributed by atoms with Crippen molar-refractivity contribution in [2.45, 2.75) is 31.1 Å². The van der Waals surface area contributed by atoms with Crippen LogP contribution in [0.3, 0.4) is 0 Å². The maximum atomic E-state index is 13.6. The van der Waals surface area contributed by atoms with Crippen LogP contribution in [0.15, 0.2) is 58.5 Å². The van der Waals surface area contributed by atoms with E-state index in [1.807, 2.05) is 0 Å². The lowest BCUT2D eigenvalue weighted by Gasteiger charge is -2.25. The molecule has 0 heterocycles. The van der Waals surface area contributed by atoms with E-state index in [1.54, 1.807) is 37.3 Å². The lowest BCUT2D eigenvalue weighted by Crippen LogP contribution is -2.40. The highest BCUT2D eigenvalue weighted by atomic mass is 32.2. The van der Waals surface area contributed by atoms with E-state index in [-0.39, 0.29) is 28.9 Å². The summed E-state index contributed by atoms with van der Waals surface area (Å²) in [5.74, 6) is -0.956. The Morgan fingerprint density at radius 3 is 2.51 bits per heavy atom. The average molecular weight is 504 g/mol. The van der Waals surface area contributed by atoms with Crippen molar-refractivity contribution in [3.8, 4) is 11.5 Å². The minimum Gasteiger partial charge on any atom is -0.497 e. The Balaban J connectivity index is 1.92. The van der Waals surface area contributed by atoms with Crippen molar-refractivity contribution >= 4 is 33.3 Å². The maximum absolute atomic E-state index is 13.6. The molecule has 11 heteroatoms. The molecule has 1 aliphatic rings. The van der Waals surface area contributed by atoms with Gasteiger partial charge in [0.25, 0.3) is 15.9 Å². The number of hydrogen-bond acceptors (Lipinski definition) is 8. The third-order valence-electron chi connectivity index (χ3n) is 5.50. The number of anilines is 1. The molecule has 2 aromatic carbocycles. The summed E-state index contributed by atoms with van der Waals surface area (Å²) in [5, 5.41) is 4.12. The van der Waals surface area contributed by atoms with Gasteiger partial charge in [0.2, 0.25) is 0 Å².